The first kappa shape index (κ1) is 14.8. The predicted octanol–water partition coefficient (Wildman–Crippen LogP) is 2.86. The molecule has 0 aliphatic carbocycles. The van der Waals surface area contributed by atoms with E-state index in [0.717, 1.165) is 10.5 Å². The maximum Gasteiger partial charge on any atom is 0.316 e. The Balaban J connectivity index is 2.57. The molecule has 0 radical (unpaired) electrons. The molecule has 98 valence electrons. The van der Waals surface area contributed by atoms with Crippen molar-refractivity contribution in [3.63, 3.8) is 0 Å². The number of thioether (sulfide) groups is 1. The summed E-state index contributed by atoms with van der Waals surface area (Å²) in [6.45, 7) is 3.83. The van der Waals surface area contributed by atoms with Gasteiger partial charge in [-0.1, -0.05) is 24.6 Å². The van der Waals surface area contributed by atoms with Crippen LogP contribution >= 0.6 is 11.8 Å². The molecule has 18 heavy (non-hydrogen) atoms. The minimum absolute atomic E-state index is 0.0733. The number of Topliss-reactive ketones (excluding diaryl/α,β-unsaturated/α-hetero) is 1. The highest BCUT2D eigenvalue weighted by atomic mass is 32.2. The summed E-state index contributed by atoms with van der Waals surface area (Å²) in [4.78, 5) is 24.4. The first-order valence-electron chi connectivity index (χ1n) is 5.88. The fourth-order valence-electron chi connectivity index (χ4n) is 1.63. The molecule has 3 nitrogen and oxygen atoms in total. The number of carbonyl (C=O) groups is 2. The molecule has 1 atom stereocenters. The molecule has 0 spiro atoms. The van der Waals surface area contributed by atoms with Gasteiger partial charge in [0, 0.05) is 4.90 Å². The van der Waals surface area contributed by atoms with E-state index in [1.807, 2.05) is 38.1 Å². The topological polar surface area (TPSA) is 43.4 Å². The summed E-state index contributed by atoms with van der Waals surface area (Å²) in [5.41, 5.74) is 1.16. The van der Waals surface area contributed by atoms with Gasteiger partial charge in [-0.15, -0.1) is 11.8 Å². The minimum atomic E-state index is -0.632. The van der Waals surface area contributed by atoms with E-state index in [1.165, 1.54) is 18.9 Å². The number of ether oxygens (including phenoxy) is 1. The molecule has 1 aromatic rings. The Morgan fingerprint density at radius 1 is 1.39 bits per heavy atom. The van der Waals surface area contributed by atoms with E-state index in [1.54, 1.807) is 0 Å². The maximum atomic E-state index is 11.9. The molecule has 0 heterocycles. The molecule has 0 aliphatic rings. The second-order valence-corrected chi connectivity index (χ2v) is 5.10. The van der Waals surface area contributed by atoms with Gasteiger partial charge >= 0.3 is 5.97 Å². The molecule has 0 aromatic heterocycles. The fourth-order valence-corrected chi connectivity index (χ4v) is 2.58. The largest absolute Gasteiger partial charge is 0.468 e. The van der Waals surface area contributed by atoms with E-state index >= 15 is 0 Å². The maximum absolute atomic E-state index is 11.9. The number of rotatable bonds is 6. The van der Waals surface area contributed by atoms with Crippen LogP contribution in [0.2, 0.25) is 0 Å². The van der Waals surface area contributed by atoms with Crippen molar-refractivity contribution in [2.75, 3.05) is 12.9 Å². The number of hydrogen-bond acceptors (Lipinski definition) is 4. The molecule has 1 unspecified atom stereocenters. The van der Waals surface area contributed by atoms with Gasteiger partial charge in [-0.2, -0.15) is 0 Å². The zero-order chi connectivity index (χ0) is 13.5. The molecule has 0 aliphatic heterocycles. The van der Waals surface area contributed by atoms with Gasteiger partial charge in [-0.25, -0.2) is 0 Å². The lowest BCUT2D eigenvalue weighted by Gasteiger charge is -2.10. The lowest BCUT2D eigenvalue weighted by molar-refractivity contribution is -0.148. The van der Waals surface area contributed by atoms with Gasteiger partial charge in [-0.05, 0) is 25.5 Å². The molecule has 4 heteroatoms. The second kappa shape index (κ2) is 7.21. The van der Waals surface area contributed by atoms with Gasteiger partial charge in [0.25, 0.3) is 0 Å². The average Bonchev–Trinajstić information content (AvgIpc) is 2.37. The highest BCUT2D eigenvalue weighted by Gasteiger charge is 2.25. The molecule has 0 fully saturated rings. The molecule has 0 saturated carbocycles. The molecule has 0 bridgehead atoms. The van der Waals surface area contributed by atoms with Crippen molar-refractivity contribution in [3.05, 3.63) is 29.8 Å². The van der Waals surface area contributed by atoms with E-state index in [-0.39, 0.29) is 5.78 Å². The summed E-state index contributed by atoms with van der Waals surface area (Å²) in [5.74, 6) is -0.840. The van der Waals surface area contributed by atoms with Crippen LogP contribution in [0, 0.1) is 12.8 Å². The average molecular weight is 266 g/mol. The van der Waals surface area contributed by atoms with Crippen molar-refractivity contribution in [2.45, 2.75) is 25.2 Å². The van der Waals surface area contributed by atoms with Gasteiger partial charge in [0.15, 0.2) is 5.78 Å². The van der Waals surface area contributed by atoms with E-state index in [0.29, 0.717) is 12.2 Å². The van der Waals surface area contributed by atoms with Crippen molar-refractivity contribution in [1.82, 2.24) is 0 Å². The number of ketones is 1. The van der Waals surface area contributed by atoms with E-state index in [2.05, 4.69) is 4.74 Å². The summed E-state index contributed by atoms with van der Waals surface area (Å²) in [6, 6.07) is 7.95. The van der Waals surface area contributed by atoms with Crippen molar-refractivity contribution in [2.24, 2.45) is 5.92 Å². The fraction of sp³-hybridized carbons (Fsp3) is 0.429. The molecule has 1 aromatic carbocycles. The third-order valence-electron chi connectivity index (χ3n) is 2.65. The van der Waals surface area contributed by atoms with E-state index < -0.39 is 11.9 Å². The first-order chi connectivity index (χ1) is 8.58. The second-order valence-electron chi connectivity index (χ2n) is 4.06. The van der Waals surface area contributed by atoms with Crippen molar-refractivity contribution >= 4 is 23.5 Å². The van der Waals surface area contributed by atoms with Crippen LogP contribution < -0.4 is 0 Å². The Morgan fingerprint density at radius 3 is 2.67 bits per heavy atom. The monoisotopic (exact) mass is 266 g/mol. The number of hydrogen-bond donors (Lipinski definition) is 0. The SMILES string of the molecule is CCC(C(=O)CSc1cccc(C)c1)C(=O)OC. The number of methoxy groups -OCH3 is 1. The Morgan fingerprint density at radius 2 is 2.11 bits per heavy atom. The van der Waals surface area contributed by atoms with Crippen LogP contribution in [-0.4, -0.2) is 24.6 Å². The molecule has 0 N–H and O–H groups in total. The highest BCUT2D eigenvalue weighted by molar-refractivity contribution is 8.00. The van der Waals surface area contributed by atoms with Gasteiger partial charge in [0.2, 0.25) is 0 Å². The lowest BCUT2D eigenvalue weighted by Crippen LogP contribution is -2.26. The molecule has 0 amide bonds. The smallest absolute Gasteiger partial charge is 0.316 e. The zero-order valence-corrected chi connectivity index (χ0v) is 11.8. The number of esters is 1. The zero-order valence-electron chi connectivity index (χ0n) is 10.9. The van der Waals surface area contributed by atoms with E-state index in [4.69, 9.17) is 0 Å². The molecule has 0 saturated heterocycles. The minimum Gasteiger partial charge on any atom is -0.468 e. The summed E-state index contributed by atoms with van der Waals surface area (Å²) >= 11 is 1.46. The van der Waals surface area contributed by atoms with Crippen LogP contribution in [0.5, 0.6) is 0 Å². The van der Waals surface area contributed by atoms with Crippen LogP contribution in [0.15, 0.2) is 29.2 Å². The lowest BCUT2D eigenvalue weighted by atomic mass is 10.0. The van der Waals surface area contributed by atoms with Crippen LogP contribution in [0.25, 0.3) is 0 Å². The van der Waals surface area contributed by atoms with Crippen LogP contribution in [0.4, 0.5) is 0 Å². The number of carbonyl (C=O) groups excluding carboxylic acids is 2. The Bertz CT molecular complexity index is 429. The quantitative estimate of drug-likeness (QED) is 0.451. The van der Waals surface area contributed by atoms with Crippen molar-refractivity contribution in [3.8, 4) is 0 Å². The van der Waals surface area contributed by atoms with Crippen LogP contribution in [-0.2, 0) is 14.3 Å². The summed E-state index contributed by atoms with van der Waals surface area (Å²) < 4.78 is 4.63. The summed E-state index contributed by atoms with van der Waals surface area (Å²) in [7, 11) is 1.31. The number of aryl methyl sites for hydroxylation is 1. The van der Waals surface area contributed by atoms with Crippen molar-refractivity contribution < 1.29 is 14.3 Å². The Labute approximate surface area is 112 Å². The predicted molar refractivity (Wildman–Crippen MR) is 72.7 cm³/mol. The number of benzene rings is 1. The summed E-state index contributed by atoms with van der Waals surface area (Å²) in [6.07, 6.45) is 0.486. The Hall–Kier alpha value is -1.29. The molecular formula is C14H18O3S. The molecular weight excluding hydrogens is 248 g/mol. The van der Waals surface area contributed by atoms with Gasteiger partial charge in [-0.3, -0.25) is 9.59 Å². The van der Waals surface area contributed by atoms with Crippen molar-refractivity contribution in [1.29, 1.82) is 0 Å². The Kier molecular flexibility index (Phi) is 5.92. The summed E-state index contributed by atoms with van der Waals surface area (Å²) in [5, 5.41) is 0. The first-order valence-corrected chi connectivity index (χ1v) is 6.87. The third-order valence-corrected chi connectivity index (χ3v) is 3.67. The van der Waals surface area contributed by atoms with Gasteiger partial charge < -0.3 is 4.74 Å². The molecule has 1 rings (SSSR count). The van der Waals surface area contributed by atoms with Crippen LogP contribution in [0.1, 0.15) is 18.9 Å². The highest BCUT2D eigenvalue weighted by Crippen LogP contribution is 2.21. The van der Waals surface area contributed by atoms with Crippen LogP contribution in [0.3, 0.4) is 0 Å². The van der Waals surface area contributed by atoms with Gasteiger partial charge in [0.05, 0.1) is 12.9 Å². The van der Waals surface area contributed by atoms with Gasteiger partial charge in [0.1, 0.15) is 5.92 Å². The standard InChI is InChI=1S/C14H18O3S/c1-4-12(14(16)17-3)13(15)9-18-11-7-5-6-10(2)8-11/h5-8,12H,4,9H2,1-3H3. The normalized spacial score (nSPS) is 11.9. The third kappa shape index (κ3) is 4.18. The van der Waals surface area contributed by atoms with E-state index in [9.17, 15) is 9.59 Å².